The van der Waals surface area contributed by atoms with Crippen LogP contribution in [-0.4, -0.2) is 34.8 Å². The van der Waals surface area contributed by atoms with Gasteiger partial charge in [-0.2, -0.15) is 0 Å². The minimum atomic E-state index is -0.620. The van der Waals surface area contributed by atoms with Crippen LogP contribution in [0.3, 0.4) is 0 Å². The van der Waals surface area contributed by atoms with E-state index in [4.69, 9.17) is 21.1 Å². The number of carbonyl (C=O) groups is 2. The van der Waals surface area contributed by atoms with Gasteiger partial charge in [0.1, 0.15) is 18.5 Å². The lowest BCUT2D eigenvalue weighted by Gasteiger charge is -2.37. The Morgan fingerprint density at radius 1 is 1.35 bits per heavy atom. The Hall–Kier alpha value is -2.64. The van der Waals surface area contributed by atoms with Crippen molar-refractivity contribution in [3.63, 3.8) is 0 Å². The van der Waals surface area contributed by atoms with Crippen molar-refractivity contribution in [2.24, 2.45) is 5.92 Å². The van der Waals surface area contributed by atoms with Gasteiger partial charge in [0.2, 0.25) is 0 Å². The molecule has 4 atom stereocenters. The number of ketones is 1. The highest BCUT2D eigenvalue weighted by Crippen LogP contribution is 2.49. The van der Waals surface area contributed by atoms with E-state index in [1.165, 1.54) is 11.3 Å². The first-order valence-electron chi connectivity index (χ1n) is 10.2. The fourth-order valence-corrected chi connectivity index (χ4v) is 5.58. The maximum Gasteiger partial charge on any atom is 0.296 e. The number of carbonyl (C=O) groups excluding carboxylic acids is 2. The molecule has 0 radical (unpaired) electrons. The van der Waals surface area contributed by atoms with Crippen LogP contribution in [0, 0.1) is 5.92 Å². The first kappa shape index (κ1) is 20.3. The monoisotopic (exact) mass is 456 g/mol. The molecule has 31 heavy (non-hydrogen) atoms. The summed E-state index contributed by atoms with van der Waals surface area (Å²) >= 11 is 7.72. The summed E-state index contributed by atoms with van der Waals surface area (Å²) in [6.07, 6.45) is 5.01. The number of thiazole rings is 1. The van der Waals surface area contributed by atoms with Crippen LogP contribution in [0.2, 0.25) is 0 Å². The predicted octanol–water partition coefficient (Wildman–Crippen LogP) is 4.43. The first-order valence-corrected chi connectivity index (χ1v) is 11.6. The number of hydrogen-bond acceptors (Lipinski definition) is 6. The lowest BCUT2D eigenvalue weighted by atomic mass is 9.77. The van der Waals surface area contributed by atoms with E-state index < -0.39 is 6.04 Å². The van der Waals surface area contributed by atoms with Gasteiger partial charge in [-0.05, 0) is 37.0 Å². The fraction of sp³-hybridized carbons (Fsp3) is 0.348. The SMILES string of the molecule is C=CCOc1cccc(C2C3=C(OC4CCC(Cl)CC4C3=O)C(=O)N2c2nccs2)c1. The molecule has 3 aliphatic rings. The van der Waals surface area contributed by atoms with Crippen molar-refractivity contribution in [3.8, 4) is 5.75 Å². The number of halogens is 1. The molecule has 1 amide bonds. The number of rotatable bonds is 5. The van der Waals surface area contributed by atoms with Crippen LogP contribution in [0.4, 0.5) is 5.13 Å². The van der Waals surface area contributed by atoms with Gasteiger partial charge in [0, 0.05) is 17.0 Å². The molecule has 3 heterocycles. The van der Waals surface area contributed by atoms with Gasteiger partial charge in [-0.1, -0.05) is 24.8 Å². The number of benzene rings is 1. The zero-order valence-electron chi connectivity index (χ0n) is 16.7. The van der Waals surface area contributed by atoms with Crippen LogP contribution in [0.25, 0.3) is 0 Å². The van der Waals surface area contributed by atoms with Gasteiger partial charge in [-0.3, -0.25) is 14.5 Å². The molecule has 1 aliphatic carbocycles. The molecule has 2 aromatic rings. The molecule has 4 unspecified atom stereocenters. The molecular formula is C23H21ClN2O4S. The summed E-state index contributed by atoms with van der Waals surface area (Å²) in [5.41, 5.74) is 1.16. The molecule has 1 fully saturated rings. The normalized spacial score (nSPS) is 27.6. The van der Waals surface area contributed by atoms with E-state index in [0.717, 1.165) is 12.0 Å². The van der Waals surface area contributed by atoms with Crippen LogP contribution < -0.4 is 9.64 Å². The van der Waals surface area contributed by atoms with E-state index in [2.05, 4.69) is 11.6 Å². The van der Waals surface area contributed by atoms with E-state index in [-0.39, 0.29) is 34.8 Å². The average molecular weight is 457 g/mol. The Kier molecular flexibility index (Phi) is 5.32. The van der Waals surface area contributed by atoms with Crippen LogP contribution in [0.1, 0.15) is 30.9 Å². The van der Waals surface area contributed by atoms with Crippen molar-refractivity contribution in [2.75, 3.05) is 11.5 Å². The maximum atomic E-state index is 13.7. The van der Waals surface area contributed by atoms with Crippen molar-refractivity contribution < 1.29 is 19.1 Å². The van der Waals surface area contributed by atoms with E-state index >= 15 is 0 Å². The third-order valence-corrected chi connectivity index (χ3v) is 7.12. The average Bonchev–Trinajstić information content (AvgIpc) is 3.40. The molecule has 160 valence electrons. The minimum Gasteiger partial charge on any atom is -0.490 e. The van der Waals surface area contributed by atoms with Crippen LogP contribution in [-0.2, 0) is 14.3 Å². The molecule has 0 spiro atoms. The second kappa shape index (κ2) is 8.13. The maximum absolute atomic E-state index is 13.7. The molecule has 1 aromatic heterocycles. The second-order valence-electron chi connectivity index (χ2n) is 7.84. The predicted molar refractivity (Wildman–Crippen MR) is 118 cm³/mol. The summed E-state index contributed by atoms with van der Waals surface area (Å²) in [6.45, 7) is 4.04. The molecule has 5 rings (SSSR count). The number of alkyl halides is 1. The Balaban J connectivity index is 1.61. The quantitative estimate of drug-likeness (QED) is 0.492. The number of fused-ring (bicyclic) bond motifs is 1. The molecule has 0 N–H and O–H groups in total. The van der Waals surface area contributed by atoms with Crippen molar-refractivity contribution >= 4 is 39.8 Å². The highest BCUT2D eigenvalue weighted by molar-refractivity contribution is 7.13. The van der Waals surface area contributed by atoms with Gasteiger partial charge in [0.05, 0.1) is 17.5 Å². The summed E-state index contributed by atoms with van der Waals surface area (Å²) in [5, 5.41) is 2.27. The molecule has 8 heteroatoms. The van der Waals surface area contributed by atoms with Gasteiger partial charge in [0.25, 0.3) is 5.91 Å². The van der Waals surface area contributed by atoms with Gasteiger partial charge >= 0.3 is 0 Å². The first-order chi connectivity index (χ1) is 15.1. The number of anilines is 1. The van der Waals surface area contributed by atoms with E-state index in [1.807, 2.05) is 24.3 Å². The van der Waals surface area contributed by atoms with Crippen LogP contribution in [0.15, 0.2) is 59.8 Å². The van der Waals surface area contributed by atoms with Gasteiger partial charge < -0.3 is 9.47 Å². The Morgan fingerprint density at radius 2 is 2.23 bits per heavy atom. The highest BCUT2D eigenvalue weighted by atomic mass is 35.5. The van der Waals surface area contributed by atoms with Crippen molar-refractivity contribution in [1.82, 2.24) is 4.98 Å². The van der Waals surface area contributed by atoms with Crippen molar-refractivity contribution in [1.29, 1.82) is 0 Å². The Bertz CT molecular complexity index is 1070. The molecule has 2 aliphatic heterocycles. The molecule has 6 nitrogen and oxygen atoms in total. The number of Topliss-reactive ketones (excluding diaryl/α,β-unsaturated/α-hetero) is 1. The summed E-state index contributed by atoms with van der Waals surface area (Å²) < 4.78 is 11.8. The molecule has 0 saturated heterocycles. The number of aromatic nitrogens is 1. The van der Waals surface area contributed by atoms with Crippen LogP contribution >= 0.6 is 22.9 Å². The smallest absolute Gasteiger partial charge is 0.296 e. The number of hydrogen-bond donors (Lipinski definition) is 0. The third kappa shape index (κ3) is 3.46. The lowest BCUT2D eigenvalue weighted by Crippen LogP contribution is -2.41. The summed E-state index contributed by atoms with van der Waals surface area (Å²) in [5.74, 6) is 0.0794. The summed E-state index contributed by atoms with van der Waals surface area (Å²) in [4.78, 5) is 33.0. The van der Waals surface area contributed by atoms with Crippen molar-refractivity contribution in [2.45, 2.75) is 36.8 Å². The zero-order valence-corrected chi connectivity index (χ0v) is 18.3. The highest BCUT2D eigenvalue weighted by Gasteiger charge is 2.53. The van der Waals surface area contributed by atoms with Gasteiger partial charge in [-0.15, -0.1) is 22.9 Å². The van der Waals surface area contributed by atoms with Gasteiger partial charge in [0.15, 0.2) is 16.7 Å². The van der Waals surface area contributed by atoms with E-state index in [1.54, 1.807) is 22.6 Å². The van der Waals surface area contributed by atoms with Gasteiger partial charge in [-0.25, -0.2) is 4.98 Å². The standard InChI is InChI=1S/C23H21ClN2O4S/c1-2-9-29-15-5-3-4-13(11-15)19-18-20(27)16-12-14(24)6-7-17(16)30-21(18)22(28)26(19)23-25-8-10-31-23/h2-5,8,10-11,14,16-17,19H,1,6-7,9,12H2. The van der Waals surface area contributed by atoms with E-state index in [0.29, 0.717) is 35.9 Å². The summed E-state index contributed by atoms with van der Waals surface area (Å²) in [7, 11) is 0. The Labute approximate surface area is 189 Å². The number of nitrogens with zero attached hydrogens (tertiary/aromatic N) is 2. The van der Waals surface area contributed by atoms with Crippen molar-refractivity contribution in [3.05, 3.63) is 65.4 Å². The summed E-state index contributed by atoms with van der Waals surface area (Å²) in [6, 6.07) is 6.80. The molecule has 1 saturated carbocycles. The number of amides is 1. The minimum absolute atomic E-state index is 0.0496. The second-order valence-corrected chi connectivity index (χ2v) is 9.33. The zero-order chi connectivity index (χ0) is 21.5. The lowest BCUT2D eigenvalue weighted by molar-refractivity contribution is -0.131. The largest absolute Gasteiger partial charge is 0.490 e. The number of ether oxygens (including phenoxy) is 2. The molecular weight excluding hydrogens is 436 g/mol. The molecule has 0 bridgehead atoms. The fourth-order valence-electron chi connectivity index (χ4n) is 4.59. The third-order valence-electron chi connectivity index (χ3n) is 5.95. The molecule has 1 aromatic carbocycles. The topological polar surface area (TPSA) is 68.7 Å². The van der Waals surface area contributed by atoms with Crippen LogP contribution in [0.5, 0.6) is 5.75 Å². The Morgan fingerprint density at radius 3 is 3.00 bits per heavy atom. The van der Waals surface area contributed by atoms with E-state index in [9.17, 15) is 9.59 Å².